The average molecular weight is 303 g/mol. The lowest BCUT2D eigenvalue weighted by atomic mass is 10.1. The van der Waals surface area contributed by atoms with Crippen LogP contribution in [0.5, 0.6) is 5.75 Å². The SMILES string of the molecule is Cc1ccc(S(=O)(=O)Oc2ccc3ocnc3c2)cc1C. The highest BCUT2D eigenvalue weighted by Gasteiger charge is 2.17. The molecule has 0 amide bonds. The first kappa shape index (κ1) is 13.6. The van der Waals surface area contributed by atoms with Crippen LogP contribution in [0.3, 0.4) is 0 Å². The van der Waals surface area contributed by atoms with E-state index in [9.17, 15) is 8.42 Å². The van der Waals surface area contributed by atoms with E-state index in [0.717, 1.165) is 11.1 Å². The van der Waals surface area contributed by atoms with Crippen molar-refractivity contribution in [2.75, 3.05) is 0 Å². The molecule has 0 fully saturated rings. The molecule has 3 rings (SSSR count). The fourth-order valence-corrected chi connectivity index (χ4v) is 2.94. The number of nitrogens with zero attached hydrogens (tertiary/aromatic N) is 1. The first-order valence-corrected chi connectivity index (χ1v) is 7.71. The Balaban J connectivity index is 1.96. The van der Waals surface area contributed by atoms with Crippen molar-refractivity contribution in [1.82, 2.24) is 4.98 Å². The van der Waals surface area contributed by atoms with Crippen molar-refractivity contribution in [2.24, 2.45) is 0 Å². The Hall–Kier alpha value is -2.34. The molecule has 21 heavy (non-hydrogen) atoms. The molecule has 108 valence electrons. The fourth-order valence-electron chi connectivity index (χ4n) is 1.93. The van der Waals surface area contributed by atoms with Gasteiger partial charge >= 0.3 is 10.1 Å². The Morgan fingerprint density at radius 3 is 2.62 bits per heavy atom. The van der Waals surface area contributed by atoms with E-state index >= 15 is 0 Å². The molecule has 3 aromatic rings. The van der Waals surface area contributed by atoms with Gasteiger partial charge in [0.25, 0.3) is 0 Å². The van der Waals surface area contributed by atoms with Gasteiger partial charge < -0.3 is 8.60 Å². The van der Waals surface area contributed by atoms with E-state index in [2.05, 4.69) is 4.98 Å². The number of oxazole rings is 1. The maximum Gasteiger partial charge on any atom is 0.339 e. The summed E-state index contributed by atoms with van der Waals surface area (Å²) in [5, 5.41) is 0. The van der Waals surface area contributed by atoms with Gasteiger partial charge in [-0.3, -0.25) is 0 Å². The number of fused-ring (bicyclic) bond motifs is 1. The lowest BCUT2D eigenvalue weighted by molar-refractivity contribution is 0.486. The number of hydrogen-bond donors (Lipinski definition) is 0. The Bertz CT molecular complexity index is 912. The Kier molecular flexibility index (Phi) is 3.17. The molecule has 0 atom stereocenters. The van der Waals surface area contributed by atoms with Crippen LogP contribution >= 0.6 is 0 Å². The Labute approximate surface area is 122 Å². The first-order valence-electron chi connectivity index (χ1n) is 6.31. The quantitative estimate of drug-likeness (QED) is 0.695. The molecule has 0 spiro atoms. The van der Waals surface area contributed by atoms with Gasteiger partial charge in [0.1, 0.15) is 16.2 Å². The van der Waals surface area contributed by atoms with Crippen molar-refractivity contribution in [2.45, 2.75) is 18.7 Å². The van der Waals surface area contributed by atoms with E-state index in [0.29, 0.717) is 11.1 Å². The van der Waals surface area contributed by atoms with Crippen molar-refractivity contribution >= 4 is 21.2 Å². The van der Waals surface area contributed by atoms with Gasteiger partial charge in [-0.2, -0.15) is 8.42 Å². The van der Waals surface area contributed by atoms with Crippen LogP contribution in [0.2, 0.25) is 0 Å². The van der Waals surface area contributed by atoms with Crippen LogP contribution in [0, 0.1) is 13.8 Å². The third-order valence-corrected chi connectivity index (χ3v) is 4.52. The molecule has 6 heteroatoms. The van der Waals surface area contributed by atoms with Crippen LogP contribution in [-0.2, 0) is 10.1 Å². The summed E-state index contributed by atoms with van der Waals surface area (Å²) in [6.07, 6.45) is 1.30. The Morgan fingerprint density at radius 1 is 1.05 bits per heavy atom. The van der Waals surface area contributed by atoms with E-state index in [1.165, 1.54) is 24.6 Å². The zero-order valence-electron chi connectivity index (χ0n) is 11.5. The third-order valence-electron chi connectivity index (χ3n) is 3.27. The maximum absolute atomic E-state index is 12.3. The van der Waals surface area contributed by atoms with Gasteiger partial charge in [0, 0.05) is 6.07 Å². The summed E-state index contributed by atoms with van der Waals surface area (Å²) < 4.78 is 34.8. The second kappa shape index (κ2) is 4.89. The molecule has 0 radical (unpaired) electrons. The molecule has 0 aliphatic heterocycles. The van der Waals surface area contributed by atoms with Crippen molar-refractivity contribution in [3.63, 3.8) is 0 Å². The summed E-state index contributed by atoms with van der Waals surface area (Å²) in [4.78, 5) is 4.10. The molecular weight excluding hydrogens is 290 g/mol. The molecule has 1 aromatic heterocycles. The number of benzene rings is 2. The van der Waals surface area contributed by atoms with Crippen LogP contribution in [0.4, 0.5) is 0 Å². The summed E-state index contributed by atoms with van der Waals surface area (Å²) in [5.41, 5.74) is 3.04. The highest BCUT2D eigenvalue weighted by molar-refractivity contribution is 7.87. The zero-order chi connectivity index (χ0) is 15.0. The normalized spacial score (nSPS) is 11.7. The van der Waals surface area contributed by atoms with Crippen molar-refractivity contribution in [1.29, 1.82) is 0 Å². The van der Waals surface area contributed by atoms with Gasteiger partial charge in [0.2, 0.25) is 0 Å². The molecule has 0 aliphatic carbocycles. The van der Waals surface area contributed by atoms with Crippen LogP contribution in [0.1, 0.15) is 11.1 Å². The van der Waals surface area contributed by atoms with E-state index in [1.807, 2.05) is 13.8 Å². The molecule has 0 N–H and O–H groups in total. The highest BCUT2D eigenvalue weighted by Crippen LogP contribution is 2.24. The van der Waals surface area contributed by atoms with E-state index in [1.54, 1.807) is 18.2 Å². The predicted octanol–water partition coefficient (Wildman–Crippen LogP) is 3.21. The summed E-state index contributed by atoms with van der Waals surface area (Å²) in [7, 11) is -3.86. The summed E-state index contributed by atoms with van der Waals surface area (Å²) >= 11 is 0. The standard InChI is InChI=1S/C15H13NO4S/c1-10-3-5-13(7-11(10)2)21(17,18)20-12-4-6-15-14(8-12)16-9-19-15/h3-9H,1-2H3. The molecule has 2 aromatic carbocycles. The number of hydrogen-bond acceptors (Lipinski definition) is 5. The van der Waals surface area contributed by atoms with Crippen molar-refractivity contribution in [3.8, 4) is 5.75 Å². The molecular formula is C15H13NO4S. The summed E-state index contributed by atoms with van der Waals surface area (Å²) in [6, 6.07) is 9.56. The second-order valence-corrected chi connectivity index (χ2v) is 6.31. The molecule has 1 heterocycles. The summed E-state index contributed by atoms with van der Waals surface area (Å²) in [6.45, 7) is 3.78. The Morgan fingerprint density at radius 2 is 1.86 bits per heavy atom. The van der Waals surface area contributed by atoms with Gasteiger partial charge in [-0.15, -0.1) is 0 Å². The van der Waals surface area contributed by atoms with Crippen LogP contribution in [0.15, 0.2) is 52.1 Å². The average Bonchev–Trinajstić information content (AvgIpc) is 2.88. The van der Waals surface area contributed by atoms with Gasteiger partial charge in [-0.05, 0) is 49.2 Å². The smallest absolute Gasteiger partial charge is 0.339 e. The monoisotopic (exact) mass is 303 g/mol. The lowest BCUT2D eigenvalue weighted by Crippen LogP contribution is -2.10. The minimum atomic E-state index is -3.86. The zero-order valence-corrected chi connectivity index (χ0v) is 12.3. The third kappa shape index (κ3) is 2.62. The summed E-state index contributed by atoms with van der Waals surface area (Å²) in [5.74, 6) is 0.203. The van der Waals surface area contributed by atoms with Gasteiger partial charge in [-0.25, -0.2) is 4.98 Å². The first-order chi connectivity index (χ1) is 9.95. The molecule has 0 bridgehead atoms. The molecule has 0 unspecified atom stereocenters. The minimum Gasteiger partial charge on any atom is -0.443 e. The van der Waals surface area contributed by atoms with Crippen LogP contribution < -0.4 is 4.18 Å². The van der Waals surface area contributed by atoms with E-state index in [-0.39, 0.29) is 10.6 Å². The van der Waals surface area contributed by atoms with Gasteiger partial charge in [-0.1, -0.05) is 6.07 Å². The highest BCUT2D eigenvalue weighted by atomic mass is 32.2. The van der Waals surface area contributed by atoms with Crippen LogP contribution in [0.25, 0.3) is 11.1 Å². The predicted molar refractivity (Wildman–Crippen MR) is 77.7 cm³/mol. The van der Waals surface area contributed by atoms with E-state index < -0.39 is 10.1 Å². The van der Waals surface area contributed by atoms with Crippen molar-refractivity contribution in [3.05, 3.63) is 53.9 Å². The molecule has 5 nitrogen and oxygen atoms in total. The minimum absolute atomic E-state index is 0.130. The number of rotatable bonds is 3. The topological polar surface area (TPSA) is 69.4 Å². The van der Waals surface area contributed by atoms with E-state index in [4.69, 9.17) is 8.60 Å². The number of aromatic nitrogens is 1. The molecule has 0 saturated carbocycles. The number of aryl methyl sites for hydroxylation is 2. The van der Waals surface area contributed by atoms with Crippen LogP contribution in [-0.4, -0.2) is 13.4 Å². The largest absolute Gasteiger partial charge is 0.443 e. The van der Waals surface area contributed by atoms with Gasteiger partial charge in [0.05, 0.1) is 0 Å². The lowest BCUT2D eigenvalue weighted by Gasteiger charge is -2.08. The van der Waals surface area contributed by atoms with Crippen molar-refractivity contribution < 1.29 is 17.0 Å². The fraction of sp³-hybridized carbons (Fsp3) is 0.133. The molecule has 0 saturated heterocycles. The van der Waals surface area contributed by atoms with Gasteiger partial charge in [0.15, 0.2) is 12.0 Å². The maximum atomic E-state index is 12.3. The molecule has 0 aliphatic rings. The second-order valence-electron chi connectivity index (χ2n) is 4.77.